The molecule has 2 rings (SSSR count). The van der Waals surface area contributed by atoms with Gasteiger partial charge in [-0.15, -0.1) is 0 Å². The van der Waals surface area contributed by atoms with Gasteiger partial charge in [-0.2, -0.15) is 0 Å². The first-order chi connectivity index (χ1) is 7.22. The zero-order valence-electron chi connectivity index (χ0n) is 8.78. The smallest absolute Gasteiger partial charge is 0.112 e. The molecule has 0 radical (unpaired) electrons. The second-order valence-electron chi connectivity index (χ2n) is 3.75. The van der Waals surface area contributed by atoms with Crippen LogP contribution < -0.4 is 11.1 Å². The molecule has 1 aliphatic rings. The molecule has 1 fully saturated rings. The maximum Gasteiger partial charge on any atom is 0.112 e. The Bertz CT molecular complexity index is 325. The molecule has 82 valence electrons. The molecule has 1 aromatic carbocycles. The Hall–Kier alpha value is -0.610. The van der Waals surface area contributed by atoms with E-state index in [0.29, 0.717) is 6.04 Å². The van der Waals surface area contributed by atoms with Gasteiger partial charge in [0.15, 0.2) is 0 Å². The van der Waals surface area contributed by atoms with E-state index < -0.39 is 0 Å². The summed E-state index contributed by atoms with van der Waals surface area (Å²) in [5.74, 6) is 0. The average molecular weight is 226 g/mol. The van der Waals surface area contributed by atoms with Crippen LogP contribution >= 0.6 is 11.6 Å². The summed E-state index contributed by atoms with van der Waals surface area (Å²) in [7, 11) is 0. The Morgan fingerprint density at radius 1 is 1.47 bits per heavy atom. The molecule has 2 unspecified atom stereocenters. The molecular weight excluding hydrogens is 210 g/mol. The van der Waals surface area contributed by atoms with Crippen LogP contribution in [0, 0.1) is 0 Å². The average Bonchev–Trinajstić information content (AvgIpc) is 2.61. The molecule has 0 saturated carbocycles. The number of rotatable bonds is 2. The Kier molecular flexibility index (Phi) is 3.26. The molecule has 0 aromatic heterocycles. The fourth-order valence-electron chi connectivity index (χ4n) is 2.07. The predicted octanol–water partition coefficient (Wildman–Crippen LogP) is 1.55. The maximum absolute atomic E-state index is 5.94. The van der Waals surface area contributed by atoms with Crippen LogP contribution in [0.3, 0.4) is 0 Å². The van der Waals surface area contributed by atoms with Gasteiger partial charge in [-0.25, -0.2) is 0 Å². The second kappa shape index (κ2) is 4.49. The Morgan fingerprint density at radius 3 is 2.73 bits per heavy atom. The van der Waals surface area contributed by atoms with E-state index in [0.717, 1.165) is 18.1 Å². The summed E-state index contributed by atoms with van der Waals surface area (Å²) in [6, 6.07) is 8.34. The van der Waals surface area contributed by atoms with Gasteiger partial charge in [0.25, 0.3) is 0 Å². The van der Waals surface area contributed by atoms with Crippen molar-refractivity contribution in [2.75, 3.05) is 13.1 Å². The quantitative estimate of drug-likeness (QED) is 0.803. The molecule has 2 atom stereocenters. The number of hydrogen-bond acceptors (Lipinski definition) is 3. The minimum absolute atomic E-state index is 0.0318. The standard InChI is InChI=1S/C11H16ClN3/c1-2-15-10(7-14-11(15)13)8-3-5-9(12)6-4-8/h3-6,10-11,14H,2,7,13H2,1H3. The number of likely N-dealkylation sites (N-methyl/N-ethyl adjacent to an activating group) is 1. The molecule has 15 heavy (non-hydrogen) atoms. The van der Waals surface area contributed by atoms with Gasteiger partial charge < -0.3 is 5.73 Å². The van der Waals surface area contributed by atoms with E-state index in [1.807, 2.05) is 12.1 Å². The Labute approximate surface area is 95.2 Å². The van der Waals surface area contributed by atoms with Crippen LogP contribution in [-0.2, 0) is 0 Å². The summed E-state index contributed by atoms with van der Waals surface area (Å²) < 4.78 is 0. The number of hydrogen-bond donors (Lipinski definition) is 2. The van der Waals surface area contributed by atoms with E-state index >= 15 is 0 Å². The number of nitrogens with one attached hydrogen (secondary N) is 1. The van der Waals surface area contributed by atoms with Crippen molar-refractivity contribution in [1.29, 1.82) is 0 Å². The van der Waals surface area contributed by atoms with Crippen molar-refractivity contribution in [1.82, 2.24) is 10.2 Å². The first-order valence-electron chi connectivity index (χ1n) is 5.22. The zero-order chi connectivity index (χ0) is 10.8. The van der Waals surface area contributed by atoms with Gasteiger partial charge in [-0.3, -0.25) is 10.2 Å². The molecule has 3 nitrogen and oxygen atoms in total. The molecule has 1 heterocycles. The van der Waals surface area contributed by atoms with Crippen LogP contribution in [0.25, 0.3) is 0 Å². The Morgan fingerprint density at radius 2 is 2.13 bits per heavy atom. The lowest BCUT2D eigenvalue weighted by molar-refractivity contribution is 0.204. The summed E-state index contributed by atoms with van der Waals surface area (Å²) >= 11 is 5.86. The van der Waals surface area contributed by atoms with Gasteiger partial charge >= 0.3 is 0 Å². The lowest BCUT2D eigenvalue weighted by atomic mass is 10.1. The fourth-order valence-corrected chi connectivity index (χ4v) is 2.20. The van der Waals surface area contributed by atoms with E-state index in [9.17, 15) is 0 Å². The minimum Gasteiger partial charge on any atom is -0.303 e. The predicted molar refractivity (Wildman–Crippen MR) is 62.6 cm³/mol. The molecule has 3 N–H and O–H groups in total. The molecule has 1 saturated heterocycles. The molecule has 4 heteroatoms. The van der Waals surface area contributed by atoms with E-state index in [1.165, 1.54) is 5.56 Å². The van der Waals surface area contributed by atoms with Gasteiger partial charge in [-0.1, -0.05) is 30.7 Å². The van der Waals surface area contributed by atoms with Crippen LogP contribution in [0.2, 0.25) is 5.02 Å². The summed E-state index contributed by atoms with van der Waals surface area (Å²) in [4.78, 5) is 2.24. The van der Waals surface area contributed by atoms with E-state index in [2.05, 4.69) is 29.3 Å². The van der Waals surface area contributed by atoms with Crippen LogP contribution in [0.4, 0.5) is 0 Å². The van der Waals surface area contributed by atoms with Crippen molar-refractivity contribution < 1.29 is 0 Å². The van der Waals surface area contributed by atoms with E-state index in [-0.39, 0.29) is 6.29 Å². The van der Waals surface area contributed by atoms with E-state index in [4.69, 9.17) is 17.3 Å². The summed E-state index contributed by atoms with van der Waals surface area (Å²) in [6.07, 6.45) is -0.0318. The van der Waals surface area contributed by atoms with Crippen LogP contribution in [-0.4, -0.2) is 24.3 Å². The van der Waals surface area contributed by atoms with Crippen LogP contribution in [0.5, 0.6) is 0 Å². The van der Waals surface area contributed by atoms with Crippen molar-refractivity contribution >= 4 is 11.6 Å². The van der Waals surface area contributed by atoms with Crippen molar-refractivity contribution in [3.63, 3.8) is 0 Å². The highest BCUT2D eigenvalue weighted by molar-refractivity contribution is 6.30. The zero-order valence-corrected chi connectivity index (χ0v) is 9.54. The van der Waals surface area contributed by atoms with Crippen molar-refractivity contribution in [2.45, 2.75) is 19.3 Å². The lowest BCUT2D eigenvalue weighted by Gasteiger charge is -2.25. The number of nitrogens with zero attached hydrogens (tertiary/aromatic N) is 1. The highest BCUT2D eigenvalue weighted by atomic mass is 35.5. The van der Waals surface area contributed by atoms with Gasteiger partial charge in [0.05, 0.1) is 6.04 Å². The van der Waals surface area contributed by atoms with Gasteiger partial charge in [0.2, 0.25) is 0 Å². The van der Waals surface area contributed by atoms with E-state index in [1.54, 1.807) is 0 Å². The van der Waals surface area contributed by atoms with Gasteiger partial charge in [0, 0.05) is 11.6 Å². The molecule has 1 aliphatic heterocycles. The minimum atomic E-state index is -0.0318. The largest absolute Gasteiger partial charge is 0.303 e. The molecule has 0 bridgehead atoms. The first kappa shape index (κ1) is 10.9. The lowest BCUT2D eigenvalue weighted by Crippen LogP contribution is -2.43. The number of benzene rings is 1. The molecular formula is C11H16ClN3. The topological polar surface area (TPSA) is 41.3 Å². The number of halogens is 1. The third-order valence-electron chi connectivity index (χ3n) is 2.90. The SMILES string of the molecule is CCN1C(N)NCC1c1ccc(Cl)cc1. The monoisotopic (exact) mass is 225 g/mol. The highest BCUT2D eigenvalue weighted by Gasteiger charge is 2.29. The number of nitrogens with two attached hydrogens (primary N) is 1. The van der Waals surface area contributed by atoms with Crippen molar-refractivity contribution in [3.05, 3.63) is 34.9 Å². The molecule has 0 aliphatic carbocycles. The third-order valence-corrected chi connectivity index (χ3v) is 3.15. The molecule has 0 spiro atoms. The van der Waals surface area contributed by atoms with Gasteiger partial charge in [-0.05, 0) is 24.2 Å². The summed E-state index contributed by atoms with van der Waals surface area (Å²) in [6.45, 7) is 3.97. The molecule has 0 amide bonds. The maximum atomic E-state index is 5.94. The summed E-state index contributed by atoms with van der Waals surface area (Å²) in [5, 5.41) is 4.03. The van der Waals surface area contributed by atoms with Crippen LogP contribution in [0.1, 0.15) is 18.5 Å². The Balaban J connectivity index is 2.20. The van der Waals surface area contributed by atoms with Crippen molar-refractivity contribution in [3.8, 4) is 0 Å². The second-order valence-corrected chi connectivity index (χ2v) is 4.19. The highest BCUT2D eigenvalue weighted by Crippen LogP contribution is 2.25. The normalized spacial score (nSPS) is 27.1. The van der Waals surface area contributed by atoms with Crippen molar-refractivity contribution in [2.24, 2.45) is 5.73 Å². The van der Waals surface area contributed by atoms with Gasteiger partial charge in [0.1, 0.15) is 6.29 Å². The summed E-state index contributed by atoms with van der Waals surface area (Å²) in [5.41, 5.74) is 7.20. The molecule has 1 aromatic rings. The fraction of sp³-hybridized carbons (Fsp3) is 0.455. The first-order valence-corrected chi connectivity index (χ1v) is 5.60. The third kappa shape index (κ3) is 2.16. The van der Waals surface area contributed by atoms with Crippen LogP contribution in [0.15, 0.2) is 24.3 Å².